The lowest BCUT2D eigenvalue weighted by Crippen LogP contribution is -2.49. The predicted octanol–water partition coefficient (Wildman–Crippen LogP) is 0.481. The van der Waals surface area contributed by atoms with E-state index in [9.17, 15) is 14.4 Å². The molecule has 0 radical (unpaired) electrons. The standard InChI is InChI=1S/C13H25N3O4/c1-9(2)8-10(15-13(14)19)12(18)16(3)7-5-6-11(17)20-4/h9-10H,5-8H2,1-4H3,(H3,14,15,19). The number of nitrogens with two attached hydrogens (primary N) is 1. The second-order valence-electron chi connectivity index (χ2n) is 5.13. The van der Waals surface area contributed by atoms with Crippen LogP contribution < -0.4 is 11.1 Å². The van der Waals surface area contributed by atoms with Crippen LogP contribution in [0.25, 0.3) is 0 Å². The van der Waals surface area contributed by atoms with Gasteiger partial charge in [-0.15, -0.1) is 0 Å². The van der Waals surface area contributed by atoms with Crippen LogP contribution in [0.3, 0.4) is 0 Å². The minimum absolute atomic E-state index is 0.206. The van der Waals surface area contributed by atoms with Crippen molar-refractivity contribution in [3.63, 3.8) is 0 Å². The first-order valence-corrected chi connectivity index (χ1v) is 6.65. The van der Waals surface area contributed by atoms with Crippen LogP contribution in [0.2, 0.25) is 0 Å². The summed E-state index contributed by atoms with van der Waals surface area (Å²) in [5.74, 6) is -0.263. The SMILES string of the molecule is COC(=O)CCCN(C)C(=O)C(CC(C)C)NC(N)=O. The highest BCUT2D eigenvalue weighted by Gasteiger charge is 2.24. The van der Waals surface area contributed by atoms with Gasteiger partial charge < -0.3 is 20.7 Å². The van der Waals surface area contributed by atoms with Gasteiger partial charge in [0.2, 0.25) is 5.91 Å². The van der Waals surface area contributed by atoms with E-state index >= 15 is 0 Å². The quantitative estimate of drug-likeness (QED) is 0.634. The Kier molecular flexibility index (Phi) is 8.35. The van der Waals surface area contributed by atoms with Crippen molar-refractivity contribution in [3.8, 4) is 0 Å². The number of urea groups is 1. The summed E-state index contributed by atoms with van der Waals surface area (Å²) in [4.78, 5) is 35.6. The fraction of sp³-hybridized carbons (Fsp3) is 0.769. The third kappa shape index (κ3) is 7.60. The molecule has 3 amide bonds. The van der Waals surface area contributed by atoms with Gasteiger partial charge in [-0.05, 0) is 18.8 Å². The predicted molar refractivity (Wildman–Crippen MR) is 74.8 cm³/mol. The summed E-state index contributed by atoms with van der Waals surface area (Å²) in [7, 11) is 2.96. The summed E-state index contributed by atoms with van der Waals surface area (Å²) in [6, 6.07) is -1.34. The van der Waals surface area contributed by atoms with Crippen LogP contribution >= 0.6 is 0 Å². The number of carbonyl (C=O) groups excluding carboxylic acids is 3. The van der Waals surface area contributed by atoms with Crippen molar-refractivity contribution in [1.82, 2.24) is 10.2 Å². The number of hydrogen-bond donors (Lipinski definition) is 2. The Bertz CT molecular complexity index is 345. The molecule has 0 spiro atoms. The summed E-state index contributed by atoms with van der Waals surface area (Å²) in [5, 5.41) is 2.46. The van der Waals surface area contributed by atoms with Crippen LogP contribution in [-0.2, 0) is 14.3 Å². The van der Waals surface area contributed by atoms with Crippen LogP contribution in [-0.4, -0.2) is 49.6 Å². The molecule has 0 heterocycles. The zero-order chi connectivity index (χ0) is 15.7. The first kappa shape index (κ1) is 18.2. The average Bonchev–Trinajstić information content (AvgIpc) is 2.35. The molecule has 1 unspecified atom stereocenters. The Labute approximate surface area is 119 Å². The topological polar surface area (TPSA) is 102 Å². The summed E-state index contributed by atoms with van der Waals surface area (Å²) in [6.07, 6.45) is 1.29. The Morgan fingerprint density at radius 3 is 2.35 bits per heavy atom. The lowest BCUT2D eigenvalue weighted by molar-refractivity contribution is -0.141. The monoisotopic (exact) mass is 287 g/mol. The molecule has 20 heavy (non-hydrogen) atoms. The van der Waals surface area contributed by atoms with E-state index in [0.717, 1.165) is 0 Å². The molecule has 0 saturated carbocycles. The number of esters is 1. The lowest BCUT2D eigenvalue weighted by Gasteiger charge is -2.25. The maximum atomic E-state index is 12.2. The molecule has 0 aliphatic heterocycles. The molecule has 1 atom stereocenters. The smallest absolute Gasteiger partial charge is 0.312 e. The van der Waals surface area contributed by atoms with Crippen molar-refractivity contribution in [3.05, 3.63) is 0 Å². The van der Waals surface area contributed by atoms with Crippen molar-refractivity contribution in [2.24, 2.45) is 11.7 Å². The molecule has 0 aromatic rings. The first-order valence-electron chi connectivity index (χ1n) is 6.65. The van der Waals surface area contributed by atoms with Gasteiger partial charge in [-0.2, -0.15) is 0 Å². The summed E-state index contributed by atoms with van der Waals surface area (Å²) in [5.41, 5.74) is 5.08. The lowest BCUT2D eigenvalue weighted by atomic mass is 10.0. The number of rotatable bonds is 8. The van der Waals surface area contributed by atoms with Crippen LogP contribution in [0, 0.1) is 5.92 Å². The van der Waals surface area contributed by atoms with Gasteiger partial charge >= 0.3 is 12.0 Å². The van der Waals surface area contributed by atoms with E-state index in [2.05, 4.69) is 10.1 Å². The highest BCUT2D eigenvalue weighted by molar-refractivity contribution is 5.86. The molecule has 7 heteroatoms. The highest BCUT2D eigenvalue weighted by Crippen LogP contribution is 2.08. The molecule has 0 fully saturated rings. The average molecular weight is 287 g/mol. The Morgan fingerprint density at radius 1 is 1.30 bits per heavy atom. The normalized spacial score (nSPS) is 11.8. The molecule has 3 N–H and O–H groups in total. The van der Waals surface area contributed by atoms with Gasteiger partial charge in [-0.3, -0.25) is 9.59 Å². The first-order chi connectivity index (χ1) is 9.27. The van der Waals surface area contributed by atoms with Crippen molar-refractivity contribution in [1.29, 1.82) is 0 Å². The summed E-state index contributed by atoms with van der Waals surface area (Å²) < 4.78 is 4.53. The second kappa shape index (κ2) is 9.17. The van der Waals surface area contributed by atoms with Crippen molar-refractivity contribution in [2.75, 3.05) is 20.7 Å². The van der Waals surface area contributed by atoms with Gasteiger partial charge in [0.05, 0.1) is 7.11 Å². The fourth-order valence-corrected chi connectivity index (χ4v) is 1.80. The summed E-state index contributed by atoms with van der Waals surface area (Å²) in [6.45, 7) is 4.34. The van der Waals surface area contributed by atoms with Crippen molar-refractivity contribution >= 4 is 17.9 Å². The number of amides is 3. The number of carbonyl (C=O) groups is 3. The van der Waals surface area contributed by atoms with E-state index in [1.54, 1.807) is 7.05 Å². The summed E-state index contributed by atoms with van der Waals surface area (Å²) >= 11 is 0. The second-order valence-corrected chi connectivity index (χ2v) is 5.13. The minimum Gasteiger partial charge on any atom is -0.469 e. The van der Waals surface area contributed by atoms with Crippen LogP contribution in [0.15, 0.2) is 0 Å². The molecule has 0 bridgehead atoms. The van der Waals surface area contributed by atoms with Crippen molar-refractivity contribution in [2.45, 2.75) is 39.2 Å². The maximum Gasteiger partial charge on any atom is 0.312 e. The fourth-order valence-electron chi connectivity index (χ4n) is 1.80. The van der Waals surface area contributed by atoms with E-state index in [4.69, 9.17) is 5.73 Å². The van der Waals surface area contributed by atoms with Gasteiger partial charge in [0.1, 0.15) is 6.04 Å². The number of ether oxygens (including phenoxy) is 1. The zero-order valence-electron chi connectivity index (χ0n) is 12.6. The third-order valence-corrected chi connectivity index (χ3v) is 2.80. The largest absolute Gasteiger partial charge is 0.469 e. The number of likely N-dealkylation sites (N-methyl/N-ethyl adjacent to an activating group) is 1. The van der Waals surface area contributed by atoms with Crippen LogP contribution in [0.1, 0.15) is 33.1 Å². The number of primary amides is 1. The Balaban J connectivity index is 4.39. The van der Waals surface area contributed by atoms with E-state index in [1.807, 2.05) is 13.8 Å². The van der Waals surface area contributed by atoms with E-state index < -0.39 is 12.1 Å². The number of nitrogens with zero attached hydrogens (tertiary/aromatic N) is 1. The molecule has 7 nitrogen and oxygen atoms in total. The van der Waals surface area contributed by atoms with Gasteiger partial charge in [-0.1, -0.05) is 13.8 Å². The minimum atomic E-state index is -0.716. The third-order valence-electron chi connectivity index (χ3n) is 2.80. The number of methoxy groups -OCH3 is 1. The Hall–Kier alpha value is -1.79. The molecule has 0 saturated heterocycles. The zero-order valence-corrected chi connectivity index (χ0v) is 12.6. The molecule has 0 aromatic heterocycles. The molecule has 116 valence electrons. The molecule has 0 aliphatic carbocycles. The van der Waals surface area contributed by atoms with E-state index in [0.29, 0.717) is 19.4 Å². The number of nitrogens with one attached hydrogen (secondary N) is 1. The van der Waals surface area contributed by atoms with Gasteiger partial charge in [0.25, 0.3) is 0 Å². The molecule has 0 aliphatic rings. The number of hydrogen-bond acceptors (Lipinski definition) is 4. The highest BCUT2D eigenvalue weighted by atomic mass is 16.5. The van der Waals surface area contributed by atoms with Crippen LogP contribution in [0.4, 0.5) is 4.79 Å². The molecular formula is C13H25N3O4. The van der Waals surface area contributed by atoms with Gasteiger partial charge in [0, 0.05) is 20.0 Å². The van der Waals surface area contributed by atoms with Gasteiger partial charge in [0.15, 0.2) is 0 Å². The molecular weight excluding hydrogens is 262 g/mol. The van der Waals surface area contributed by atoms with E-state index in [1.165, 1.54) is 12.0 Å². The molecule has 0 aromatic carbocycles. The molecule has 0 rings (SSSR count). The van der Waals surface area contributed by atoms with Gasteiger partial charge in [-0.25, -0.2) is 4.79 Å². The Morgan fingerprint density at radius 2 is 1.90 bits per heavy atom. The maximum absolute atomic E-state index is 12.2. The van der Waals surface area contributed by atoms with Crippen molar-refractivity contribution < 1.29 is 19.1 Å². The van der Waals surface area contributed by atoms with E-state index in [-0.39, 0.29) is 24.2 Å². The van der Waals surface area contributed by atoms with Crippen LogP contribution in [0.5, 0.6) is 0 Å².